The molecule has 0 bridgehead atoms. The Morgan fingerprint density at radius 1 is 1.25 bits per heavy atom. The van der Waals surface area contributed by atoms with Crippen LogP contribution < -0.4 is 5.32 Å². The summed E-state index contributed by atoms with van der Waals surface area (Å²) in [6.45, 7) is 0.759. The number of fused-ring (bicyclic) bond motifs is 1. The number of hydrogen-bond acceptors (Lipinski definition) is 4. The van der Waals surface area contributed by atoms with Gasteiger partial charge in [-0.3, -0.25) is 0 Å². The molecule has 1 aromatic carbocycles. The maximum atomic E-state index is 12.5. The Morgan fingerprint density at radius 2 is 1.96 bits per heavy atom. The molecular weight excluding hydrogens is 327 g/mol. The first-order valence-corrected chi connectivity index (χ1v) is 7.14. The number of aromatic nitrogens is 3. The van der Waals surface area contributed by atoms with Gasteiger partial charge < -0.3 is 15.3 Å². The van der Waals surface area contributed by atoms with Crippen LogP contribution in [0.3, 0.4) is 0 Å². The molecule has 0 saturated carbocycles. The molecule has 1 aliphatic heterocycles. The van der Waals surface area contributed by atoms with Gasteiger partial charge in [-0.15, -0.1) is 5.10 Å². The molecule has 2 amide bonds. The molecule has 24 heavy (non-hydrogen) atoms. The van der Waals surface area contributed by atoms with E-state index < -0.39 is 17.8 Å². The van der Waals surface area contributed by atoms with Gasteiger partial charge in [0.05, 0.1) is 31.0 Å². The van der Waals surface area contributed by atoms with Crippen LogP contribution in [-0.2, 0) is 25.9 Å². The number of aliphatic hydroxyl groups excluding tert-OH is 1. The second-order valence-electron chi connectivity index (χ2n) is 5.29. The first-order valence-electron chi connectivity index (χ1n) is 7.14. The highest BCUT2D eigenvalue weighted by molar-refractivity contribution is 5.89. The molecular formula is C14H14F3N5O2. The normalized spacial score (nSPS) is 14.4. The fraction of sp³-hybridized carbons (Fsp3) is 0.357. The van der Waals surface area contributed by atoms with Crippen molar-refractivity contribution >= 4 is 11.7 Å². The smallest absolute Gasteiger partial charge is 0.390 e. The summed E-state index contributed by atoms with van der Waals surface area (Å²) in [5.74, 6) is 0. The van der Waals surface area contributed by atoms with Gasteiger partial charge in [-0.25, -0.2) is 9.48 Å². The van der Waals surface area contributed by atoms with Crippen LogP contribution in [-0.4, -0.2) is 37.6 Å². The number of carbonyl (C=O) groups excluding carboxylic acids is 1. The predicted octanol–water partition coefficient (Wildman–Crippen LogP) is 1.84. The van der Waals surface area contributed by atoms with Gasteiger partial charge in [-0.2, -0.15) is 13.2 Å². The number of anilines is 1. The third-order valence-electron chi connectivity index (χ3n) is 3.74. The van der Waals surface area contributed by atoms with E-state index in [-0.39, 0.29) is 18.8 Å². The highest BCUT2D eigenvalue weighted by Crippen LogP contribution is 2.29. The van der Waals surface area contributed by atoms with Crippen molar-refractivity contribution in [1.82, 2.24) is 19.9 Å². The maximum Gasteiger partial charge on any atom is 0.416 e. The van der Waals surface area contributed by atoms with E-state index in [1.54, 1.807) is 4.68 Å². The molecule has 7 nitrogen and oxygen atoms in total. The number of benzene rings is 1. The number of halogens is 3. The molecule has 2 N–H and O–H groups in total. The Morgan fingerprint density at radius 3 is 2.58 bits per heavy atom. The van der Waals surface area contributed by atoms with E-state index >= 15 is 0 Å². The number of urea groups is 1. The fourth-order valence-corrected chi connectivity index (χ4v) is 2.44. The third-order valence-corrected chi connectivity index (χ3v) is 3.74. The van der Waals surface area contributed by atoms with Crippen molar-refractivity contribution in [1.29, 1.82) is 0 Å². The summed E-state index contributed by atoms with van der Waals surface area (Å²) in [5.41, 5.74) is 0.543. The largest absolute Gasteiger partial charge is 0.416 e. The summed E-state index contributed by atoms with van der Waals surface area (Å²) < 4.78 is 39.2. The van der Waals surface area contributed by atoms with Crippen molar-refractivity contribution in [3.63, 3.8) is 0 Å². The minimum atomic E-state index is -4.42. The summed E-state index contributed by atoms with van der Waals surface area (Å²) >= 11 is 0. The molecule has 0 radical (unpaired) electrons. The van der Waals surface area contributed by atoms with Gasteiger partial charge in [0.1, 0.15) is 5.69 Å². The zero-order valence-corrected chi connectivity index (χ0v) is 12.4. The number of alkyl halides is 3. The van der Waals surface area contributed by atoms with E-state index in [4.69, 9.17) is 0 Å². The molecule has 0 spiro atoms. The number of hydrogen-bond donors (Lipinski definition) is 2. The average Bonchev–Trinajstić information content (AvgIpc) is 2.96. The standard InChI is InChI=1S/C14H14F3N5O2/c15-14(16,17)9-1-3-10(4-2-9)18-13(24)21-5-6-22-12(7-21)11(8-23)19-20-22/h1-4,23H,5-8H2,(H,18,24). The van der Waals surface area contributed by atoms with E-state index in [1.807, 2.05) is 0 Å². The van der Waals surface area contributed by atoms with Crippen molar-refractivity contribution in [3.8, 4) is 0 Å². The molecule has 2 heterocycles. The summed E-state index contributed by atoms with van der Waals surface area (Å²) in [6, 6.07) is 3.79. The van der Waals surface area contributed by atoms with Crippen LogP contribution in [0, 0.1) is 0 Å². The van der Waals surface area contributed by atoms with Gasteiger partial charge in [0.25, 0.3) is 0 Å². The number of rotatable bonds is 2. The molecule has 0 saturated heterocycles. The molecule has 1 aliphatic rings. The van der Waals surface area contributed by atoms with Gasteiger partial charge in [0.15, 0.2) is 0 Å². The highest BCUT2D eigenvalue weighted by Gasteiger charge is 2.30. The Hall–Kier alpha value is -2.62. The van der Waals surface area contributed by atoms with Gasteiger partial charge >= 0.3 is 12.2 Å². The predicted molar refractivity (Wildman–Crippen MR) is 76.8 cm³/mol. The molecule has 128 valence electrons. The topological polar surface area (TPSA) is 83.3 Å². The van der Waals surface area contributed by atoms with Crippen LogP contribution in [0.4, 0.5) is 23.7 Å². The number of nitrogens with zero attached hydrogens (tertiary/aromatic N) is 4. The summed E-state index contributed by atoms with van der Waals surface area (Å²) in [5, 5.41) is 19.5. The fourth-order valence-electron chi connectivity index (χ4n) is 2.44. The van der Waals surface area contributed by atoms with Crippen LogP contribution in [0.15, 0.2) is 24.3 Å². The van der Waals surface area contributed by atoms with E-state index in [0.29, 0.717) is 24.5 Å². The maximum absolute atomic E-state index is 12.5. The van der Waals surface area contributed by atoms with Crippen molar-refractivity contribution in [3.05, 3.63) is 41.2 Å². The molecule has 3 rings (SSSR count). The first kappa shape index (κ1) is 16.2. The summed E-state index contributed by atoms with van der Waals surface area (Å²) in [6.07, 6.45) is -4.42. The first-order chi connectivity index (χ1) is 11.4. The lowest BCUT2D eigenvalue weighted by molar-refractivity contribution is -0.137. The summed E-state index contributed by atoms with van der Waals surface area (Å²) in [7, 11) is 0. The van der Waals surface area contributed by atoms with Crippen LogP contribution in [0.1, 0.15) is 17.0 Å². The number of aliphatic hydroxyl groups is 1. The van der Waals surface area contributed by atoms with E-state index in [9.17, 15) is 23.1 Å². The van der Waals surface area contributed by atoms with E-state index in [0.717, 1.165) is 12.1 Å². The van der Waals surface area contributed by atoms with Crippen LogP contribution >= 0.6 is 0 Å². The Balaban J connectivity index is 1.67. The quantitative estimate of drug-likeness (QED) is 0.873. The highest BCUT2D eigenvalue weighted by atomic mass is 19.4. The third kappa shape index (κ3) is 3.18. The zero-order valence-electron chi connectivity index (χ0n) is 12.4. The van der Waals surface area contributed by atoms with Crippen LogP contribution in [0.5, 0.6) is 0 Å². The monoisotopic (exact) mass is 341 g/mol. The lowest BCUT2D eigenvalue weighted by Crippen LogP contribution is -2.41. The molecule has 0 atom stereocenters. The molecule has 10 heteroatoms. The van der Waals surface area contributed by atoms with Crippen molar-refractivity contribution in [2.75, 3.05) is 11.9 Å². The van der Waals surface area contributed by atoms with Crippen molar-refractivity contribution in [2.45, 2.75) is 25.9 Å². The number of carbonyl (C=O) groups is 1. The van der Waals surface area contributed by atoms with E-state index in [1.165, 1.54) is 17.0 Å². The van der Waals surface area contributed by atoms with Crippen molar-refractivity contribution in [2.24, 2.45) is 0 Å². The van der Waals surface area contributed by atoms with Gasteiger partial charge in [0.2, 0.25) is 0 Å². The van der Waals surface area contributed by atoms with E-state index in [2.05, 4.69) is 15.6 Å². The van der Waals surface area contributed by atoms with Crippen LogP contribution in [0.25, 0.3) is 0 Å². The van der Waals surface area contributed by atoms with Gasteiger partial charge in [-0.1, -0.05) is 5.21 Å². The Labute approximate surface area is 134 Å². The minimum Gasteiger partial charge on any atom is -0.390 e. The van der Waals surface area contributed by atoms with Gasteiger partial charge in [-0.05, 0) is 24.3 Å². The lowest BCUT2D eigenvalue weighted by atomic mass is 10.2. The minimum absolute atomic E-state index is 0.218. The molecule has 2 aromatic rings. The Kier molecular flexibility index (Phi) is 4.14. The summed E-state index contributed by atoms with van der Waals surface area (Å²) in [4.78, 5) is 13.7. The second-order valence-corrected chi connectivity index (χ2v) is 5.29. The average molecular weight is 341 g/mol. The zero-order chi connectivity index (χ0) is 17.3. The second kappa shape index (κ2) is 6.11. The number of amides is 2. The molecule has 1 aromatic heterocycles. The molecule has 0 aliphatic carbocycles. The number of nitrogens with one attached hydrogen (secondary N) is 1. The van der Waals surface area contributed by atoms with Crippen LogP contribution in [0.2, 0.25) is 0 Å². The van der Waals surface area contributed by atoms with Gasteiger partial charge in [0, 0.05) is 12.2 Å². The van der Waals surface area contributed by atoms with Crippen molar-refractivity contribution < 1.29 is 23.1 Å². The Bertz CT molecular complexity index is 728. The molecule has 0 fully saturated rings. The molecule has 0 unspecified atom stereocenters. The lowest BCUT2D eigenvalue weighted by Gasteiger charge is -2.27. The SMILES string of the molecule is O=C(Nc1ccc(C(F)(F)F)cc1)N1CCn2nnc(CO)c2C1.